The largest absolute Gasteiger partial charge is 0.497 e. The van der Waals surface area contributed by atoms with Gasteiger partial charge in [-0.2, -0.15) is 0 Å². The Bertz CT molecular complexity index is 1750. The number of benzene rings is 5. The molecule has 0 unspecified atom stereocenters. The minimum absolute atomic E-state index is 0.171. The molecule has 0 spiro atoms. The minimum Gasteiger partial charge on any atom is -0.497 e. The maximum atomic E-state index is 6.45. The molecule has 0 N–H and O–H groups in total. The molecule has 6 rings (SSSR count). The van der Waals surface area contributed by atoms with Crippen molar-refractivity contribution in [2.75, 3.05) is 20.8 Å². The molecule has 5 heteroatoms. The van der Waals surface area contributed by atoms with Crippen molar-refractivity contribution in [2.45, 2.75) is 39.0 Å². The van der Waals surface area contributed by atoms with Gasteiger partial charge in [0, 0.05) is 30.0 Å². The van der Waals surface area contributed by atoms with Crippen molar-refractivity contribution in [3.05, 3.63) is 155 Å². The number of nitrogens with zero attached hydrogens (tertiary/aromatic N) is 1. The molecule has 5 aromatic rings. The normalized spacial score (nSPS) is 13.1. The summed E-state index contributed by atoms with van der Waals surface area (Å²) < 4.78 is 26.9. The molecule has 0 saturated heterocycles. The lowest BCUT2D eigenvalue weighted by Crippen LogP contribution is -2.33. The molecule has 0 bridgehead atoms. The first-order valence-corrected chi connectivity index (χ1v) is 15.5. The summed E-state index contributed by atoms with van der Waals surface area (Å²) in [5, 5.41) is 0. The SMILES string of the molecule is COc1ccc(OCc2ccccc2)c(CC2=[N+]([C@@H](C)c3ccccc3)CCc3cc(OC)c(OCc4ccccc4)cc32)c1. The van der Waals surface area contributed by atoms with Crippen LogP contribution in [0, 0.1) is 0 Å². The maximum Gasteiger partial charge on any atom is 0.188 e. The van der Waals surface area contributed by atoms with Crippen LogP contribution in [0.25, 0.3) is 0 Å². The van der Waals surface area contributed by atoms with Crippen LogP contribution in [-0.2, 0) is 26.1 Å². The summed E-state index contributed by atoms with van der Waals surface area (Å²) >= 11 is 0. The number of hydrogen-bond acceptors (Lipinski definition) is 4. The standard InChI is InChI=1S/C40H40NO4/c1-29(32-17-11-6-12-18-32)41-22-21-33-25-39(43-3)40(45-28-31-15-9-5-10-16-31)26-36(33)37(41)24-34-23-35(42-2)19-20-38(34)44-27-30-13-7-4-8-14-30/h4-20,23,25-26,29H,21-22,24,27-28H2,1-3H3/q+1/t29-/m0/s1. The third kappa shape index (κ3) is 7.04. The number of fused-ring (bicyclic) bond motifs is 1. The second-order valence-corrected chi connectivity index (χ2v) is 11.3. The van der Waals surface area contributed by atoms with Crippen LogP contribution in [0.2, 0.25) is 0 Å². The maximum absolute atomic E-state index is 6.45. The van der Waals surface area contributed by atoms with Crippen LogP contribution >= 0.6 is 0 Å². The Morgan fingerprint density at radius 2 is 1.27 bits per heavy atom. The highest BCUT2D eigenvalue weighted by Gasteiger charge is 2.32. The Kier molecular flexibility index (Phi) is 9.45. The second-order valence-electron chi connectivity index (χ2n) is 11.3. The summed E-state index contributed by atoms with van der Waals surface area (Å²) in [6.45, 7) is 4.12. The average molecular weight is 599 g/mol. The molecule has 1 heterocycles. The fraction of sp³-hybridized carbons (Fsp3) is 0.225. The molecule has 0 aromatic heterocycles. The van der Waals surface area contributed by atoms with Crippen molar-refractivity contribution in [3.8, 4) is 23.0 Å². The first-order valence-electron chi connectivity index (χ1n) is 15.5. The van der Waals surface area contributed by atoms with Gasteiger partial charge in [-0.3, -0.25) is 0 Å². The van der Waals surface area contributed by atoms with Gasteiger partial charge in [-0.25, -0.2) is 4.58 Å². The first kappa shape index (κ1) is 30.0. The lowest BCUT2D eigenvalue weighted by molar-refractivity contribution is -0.570. The Balaban J connectivity index is 1.43. The van der Waals surface area contributed by atoms with Gasteiger partial charge in [-0.1, -0.05) is 91.0 Å². The first-order chi connectivity index (χ1) is 22.1. The van der Waals surface area contributed by atoms with Crippen LogP contribution in [0.3, 0.4) is 0 Å². The van der Waals surface area contributed by atoms with Crippen molar-refractivity contribution < 1.29 is 23.5 Å². The average Bonchev–Trinajstić information content (AvgIpc) is 3.10. The number of hydrogen-bond donors (Lipinski definition) is 0. The lowest BCUT2D eigenvalue weighted by Gasteiger charge is -2.25. The highest BCUT2D eigenvalue weighted by molar-refractivity contribution is 6.01. The van der Waals surface area contributed by atoms with Gasteiger partial charge in [0.15, 0.2) is 23.3 Å². The summed E-state index contributed by atoms with van der Waals surface area (Å²) in [4.78, 5) is 0. The molecule has 0 fully saturated rings. The molecule has 0 radical (unpaired) electrons. The van der Waals surface area contributed by atoms with E-state index in [1.165, 1.54) is 22.4 Å². The smallest absolute Gasteiger partial charge is 0.188 e. The van der Waals surface area contributed by atoms with Crippen molar-refractivity contribution in [1.29, 1.82) is 0 Å². The third-order valence-corrected chi connectivity index (χ3v) is 8.52. The Labute approximate surface area is 266 Å². The van der Waals surface area contributed by atoms with E-state index in [1.807, 2.05) is 48.5 Å². The zero-order chi connectivity index (χ0) is 31.0. The van der Waals surface area contributed by atoms with Gasteiger partial charge in [0.2, 0.25) is 0 Å². The molecule has 0 aliphatic carbocycles. The molecule has 45 heavy (non-hydrogen) atoms. The van der Waals surface area contributed by atoms with Gasteiger partial charge in [0.1, 0.15) is 31.3 Å². The van der Waals surface area contributed by atoms with Crippen LogP contribution in [0.5, 0.6) is 23.0 Å². The molecular weight excluding hydrogens is 558 g/mol. The Morgan fingerprint density at radius 3 is 1.89 bits per heavy atom. The summed E-state index contributed by atoms with van der Waals surface area (Å²) in [5.41, 5.74) is 8.22. The summed E-state index contributed by atoms with van der Waals surface area (Å²) in [6.07, 6.45) is 1.57. The Hall–Kier alpha value is -5.03. The zero-order valence-corrected chi connectivity index (χ0v) is 26.2. The fourth-order valence-corrected chi connectivity index (χ4v) is 6.03. The van der Waals surface area contributed by atoms with Crippen LogP contribution in [-0.4, -0.2) is 31.1 Å². The monoisotopic (exact) mass is 598 g/mol. The van der Waals surface area contributed by atoms with Crippen molar-refractivity contribution in [2.24, 2.45) is 0 Å². The highest BCUT2D eigenvalue weighted by atomic mass is 16.5. The quantitative estimate of drug-likeness (QED) is 0.136. The molecule has 1 aliphatic rings. The second kappa shape index (κ2) is 14.2. The summed E-state index contributed by atoms with van der Waals surface area (Å²) in [5.74, 6) is 3.14. The van der Waals surface area contributed by atoms with Gasteiger partial charge in [-0.05, 0) is 47.0 Å². The van der Waals surface area contributed by atoms with E-state index in [0.717, 1.165) is 52.7 Å². The van der Waals surface area contributed by atoms with Gasteiger partial charge in [0.25, 0.3) is 0 Å². The summed E-state index contributed by atoms with van der Waals surface area (Å²) in [7, 11) is 3.42. The van der Waals surface area contributed by atoms with E-state index in [0.29, 0.717) is 19.6 Å². The fourth-order valence-electron chi connectivity index (χ4n) is 6.03. The van der Waals surface area contributed by atoms with Gasteiger partial charge >= 0.3 is 0 Å². The van der Waals surface area contributed by atoms with E-state index >= 15 is 0 Å². The molecule has 1 aliphatic heterocycles. The topological polar surface area (TPSA) is 39.9 Å². The zero-order valence-electron chi connectivity index (χ0n) is 26.2. The van der Waals surface area contributed by atoms with Crippen molar-refractivity contribution in [3.63, 3.8) is 0 Å². The van der Waals surface area contributed by atoms with Crippen molar-refractivity contribution >= 4 is 5.71 Å². The number of ether oxygens (including phenoxy) is 4. The summed E-state index contributed by atoms with van der Waals surface area (Å²) in [6, 6.07) is 41.8. The van der Waals surface area contributed by atoms with Crippen molar-refractivity contribution in [1.82, 2.24) is 0 Å². The van der Waals surface area contributed by atoms with Crippen LogP contribution in [0.15, 0.2) is 121 Å². The van der Waals surface area contributed by atoms with E-state index < -0.39 is 0 Å². The number of rotatable bonds is 12. The molecule has 0 saturated carbocycles. The van der Waals surface area contributed by atoms with E-state index in [2.05, 4.69) is 84.3 Å². The van der Waals surface area contributed by atoms with E-state index in [-0.39, 0.29) is 6.04 Å². The molecule has 1 atom stereocenters. The van der Waals surface area contributed by atoms with E-state index in [4.69, 9.17) is 18.9 Å². The van der Waals surface area contributed by atoms with Gasteiger partial charge in [-0.15, -0.1) is 0 Å². The molecule has 0 amide bonds. The van der Waals surface area contributed by atoms with Gasteiger partial charge in [0.05, 0.1) is 20.6 Å². The predicted molar refractivity (Wildman–Crippen MR) is 179 cm³/mol. The lowest BCUT2D eigenvalue weighted by atomic mass is 9.90. The van der Waals surface area contributed by atoms with E-state index in [9.17, 15) is 0 Å². The Morgan fingerprint density at radius 1 is 0.644 bits per heavy atom. The molecule has 5 aromatic carbocycles. The molecule has 5 nitrogen and oxygen atoms in total. The highest BCUT2D eigenvalue weighted by Crippen LogP contribution is 2.36. The van der Waals surface area contributed by atoms with Crippen LogP contribution in [0.1, 0.15) is 46.3 Å². The predicted octanol–water partition coefficient (Wildman–Crippen LogP) is 8.22. The number of methoxy groups -OCH3 is 2. The molecule has 228 valence electrons. The van der Waals surface area contributed by atoms with Crippen LogP contribution in [0.4, 0.5) is 0 Å². The molecular formula is C40H40NO4+. The van der Waals surface area contributed by atoms with Gasteiger partial charge < -0.3 is 18.9 Å². The van der Waals surface area contributed by atoms with Crippen LogP contribution < -0.4 is 18.9 Å². The van der Waals surface area contributed by atoms with E-state index in [1.54, 1.807) is 14.2 Å². The third-order valence-electron chi connectivity index (χ3n) is 8.52. The minimum atomic E-state index is 0.171.